The van der Waals surface area contributed by atoms with Gasteiger partial charge >= 0.3 is 0 Å². The molecule has 2 saturated heterocycles. The molecule has 3 rings (SSSR count). The number of anilines is 1. The SMILES string of the molecule is NNc1ccncc1C(=O)NC1CCN2CCCC12. The van der Waals surface area contributed by atoms with E-state index in [0.29, 0.717) is 17.3 Å². The summed E-state index contributed by atoms with van der Waals surface area (Å²) >= 11 is 0. The van der Waals surface area contributed by atoms with Gasteiger partial charge in [-0.2, -0.15) is 0 Å². The van der Waals surface area contributed by atoms with Crippen LogP contribution >= 0.6 is 0 Å². The topological polar surface area (TPSA) is 83.3 Å². The van der Waals surface area contributed by atoms with E-state index in [1.807, 2.05) is 0 Å². The second-order valence-corrected chi connectivity index (χ2v) is 5.18. The maximum Gasteiger partial charge on any atom is 0.255 e. The van der Waals surface area contributed by atoms with E-state index >= 15 is 0 Å². The highest BCUT2D eigenvalue weighted by Gasteiger charge is 2.38. The first-order valence-corrected chi connectivity index (χ1v) is 6.75. The lowest BCUT2D eigenvalue weighted by Crippen LogP contribution is -2.42. The van der Waals surface area contributed by atoms with Crippen LogP contribution in [0.5, 0.6) is 0 Å². The van der Waals surface area contributed by atoms with Crippen molar-refractivity contribution in [3.8, 4) is 0 Å². The molecule has 1 aromatic rings. The molecule has 2 aliphatic rings. The van der Waals surface area contributed by atoms with Crippen molar-refractivity contribution in [2.75, 3.05) is 18.5 Å². The van der Waals surface area contributed by atoms with Gasteiger partial charge in [-0.3, -0.25) is 20.5 Å². The summed E-state index contributed by atoms with van der Waals surface area (Å²) in [4.78, 5) is 18.8. The van der Waals surface area contributed by atoms with Gasteiger partial charge in [0.2, 0.25) is 0 Å². The number of carbonyl (C=O) groups excluding carboxylic acids is 1. The maximum atomic E-state index is 12.3. The standard InChI is InChI=1S/C13H19N5O/c14-17-10-3-5-15-8-9(10)13(19)16-11-4-7-18-6-1-2-12(11)18/h3,5,8,11-12H,1-2,4,6-7,14H2,(H,15,17)(H,16,19). The lowest BCUT2D eigenvalue weighted by atomic mass is 10.1. The van der Waals surface area contributed by atoms with E-state index in [2.05, 4.69) is 20.6 Å². The Bertz CT molecular complexity index is 478. The smallest absolute Gasteiger partial charge is 0.255 e. The molecule has 0 aromatic carbocycles. The van der Waals surface area contributed by atoms with Gasteiger partial charge in [0.15, 0.2) is 0 Å². The van der Waals surface area contributed by atoms with Gasteiger partial charge in [-0.15, -0.1) is 0 Å². The van der Waals surface area contributed by atoms with Crippen LogP contribution in [0.4, 0.5) is 5.69 Å². The highest BCUT2D eigenvalue weighted by atomic mass is 16.1. The summed E-state index contributed by atoms with van der Waals surface area (Å²) in [5, 5.41) is 3.13. The molecule has 1 amide bonds. The van der Waals surface area contributed by atoms with Gasteiger partial charge in [-0.05, 0) is 31.9 Å². The van der Waals surface area contributed by atoms with Crippen LogP contribution in [0.2, 0.25) is 0 Å². The zero-order chi connectivity index (χ0) is 13.2. The molecule has 2 atom stereocenters. The second kappa shape index (κ2) is 5.14. The Morgan fingerprint density at radius 1 is 1.42 bits per heavy atom. The number of pyridine rings is 1. The van der Waals surface area contributed by atoms with E-state index < -0.39 is 0 Å². The molecule has 19 heavy (non-hydrogen) atoms. The molecular formula is C13H19N5O. The molecule has 1 aromatic heterocycles. The van der Waals surface area contributed by atoms with Crippen LogP contribution in [0.15, 0.2) is 18.5 Å². The first-order valence-electron chi connectivity index (χ1n) is 6.75. The fourth-order valence-electron chi connectivity index (χ4n) is 3.20. The number of hydrogen-bond donors (Lipinski definition) is 3. The van der Waals surface area contributed by atoms with Crippen LogP contribution in [0.1, 0.15) is 29.6 Å². The highest BCUT2D eigenvalue weighted by Crippen LogP contribution is 2.28. The van der Waals surface area contributed by atoms with Crippen LogP contribution in [0.3, 0.4) is 0 Å². The molecule has 0 aliphatic carbocycles. The Morgan fingerprint density at radius 3 is 3.16 bits per heavy atom. The lowest BCUT2D eigenvalue weighted by Gasteiger charge is -2.21. The van der Waals surface area contributed by atoms with Crippen LogP contribution in [0, 0.1) is 0 Å². The van der Waals surface area contributed by atoms with Crippen molar-refractivity contribution < 1.29 is 4.79 Å². The Hall–Kier alpha value is -1.66. The maximum absolute atomic E-state index is 12.3. The van der Waals surface area contributed by atoms with Crippen molar-refractivity contribution in [3.63, 3.8) is 0 Å². The first kappa shape index (κ1) is 12.4. The number of nitrogen functional groups attached to an aromatic ring is 1. The van der Waals surface area contributed by atoms with E-state index in [9.17, 15) is 4.79 Å². The summed E-state index contributed by atoms with van der Waals surface area (Å²) in [5.41, 5.74) is 3.64. The molecule has 102 valence electrons. The van der Waals surface area contributed by atoms with Gasteiger partial charge in [0.05, 0.1) is 11.3 Å². The number of hydrogen-bond acceptors (Lipinski definition) is 5. The summed E-state index contributed by atoms with van der Waals surface area (Å²) in [6, 6.07) is 2.46. The third-order valence-corrected chi connectivity index (χ3v) is 4.14. The summed E-state index contributed by atoms with van der Waals surface area (Å²) in [6.07, 6.45) is 6.60. The highest BCUT2D eigenvalue weighted by molar-refractivity contribution is 5.99. The monoisotopic (exact) mass is 261 g/mol. The lowest BCUT2D eigenvalue weighted by molar-refractivity contribution is 0.0930. The van der Waals surface area contributed by atoms with E-state index in [1.165, 1.54) is 19.4 Å². The molecule has 3 heterocycles. The van der Waals surface area contributed by atoms with Crippen LogP contribution in [-0.4, -0.2) is 41.0 Å². The molecule has 6 heteroatoms. The third-order valence-electron chi connectivity index (χ3n) is 4.14. The van der Waals surface area contributed by atoms with Gasteiger partial charge in [-0.1, -0.05) is 0 Å². The Labute approximate surface area is 112 Å². The minimum Gasteiger partial charge on any atom is -0.348 e. The number of rotatable bonds is 3. The van der Waals surface area contributed by atoms with Crippen LogP contribution in [-0.2, 0) is 0 Å². The number of carbonyl (C=O) groups is 1. The van der Waals surface area contributed by atoms with Crippen LogP contribution < -0.4 is 16.6 Å². The third kappa shape index (κ3) is 2.29. The second-order valence-electron chi connectivity index (χ2n) is 5.18. The number of nitrogens with zero attached hydrogens (tertiary/aromatic N) is 2. The van der Waals surface area contributed by atoms with E-state index in [4.69, 9.17) is 5.84 Å². The fraction of sp³-hybridized carbons (Fsp3) is 0.538. The zero-order valence-electron chi connectivity index (χ0n) is 10.8. The average Bonchev–Trinajstić information content (AvgIpc) is 3.03. The van der Waals surface area contributed by atoms with Crippen molar-refractivity contribution in [1.29, 1.82) is 0 Å². The number of amides is 1. The minimum atomic E-state index is -0.0974. The Kier molecular flexibility index (Phi) is 3.35. The first-order chi connectivity index (χ1) is 9.29. The zero-order valence-corrected chi connectivity index (χ0v) is 10.8. The fourth-order valence-corrected chi connectivity index (χ4v) is 3.20. The molecule has 2 aliphatic heterocycles. The normalized spacial score (nSPS) is 26.2. The minimum absolute atomic E-state index is 0.0974. The van der Waals surface area contributed by atoms with Crippen molar-refractivity contribution in [2.45, 2.75) is 31.3 Å². The summed E-state index contributed by atoms with van der Waals surface area (Å²) in [5.74, 6) is 5.32. The number of aromatic nitrogens is 1. The molecule has 0 saturated carbocycles. The number of nitrogens with two attached hydrogens (primary N) is 1. The van der Waals surface area contributed by atoms with Crippen molar-refractivity contribution in [1.82, 2.24) is 15.2 Å². The van der Waals surface area contributed by atoms with Crippen molar-refractivity contribution in [2.24, 2.45) is 5.84 Å². The molecular weight excluding hydrogens is 242 g/mol. The molecule has 6 nitrogen and oxygen atoms in total. The molecule has 0 bridgehead atoms. The van der Waals surface area contributed by atoms with E-state index in [1.54, 1.807) is 18.5 Å². The summed E-state index contributed by atoms with van der Waals surface area (Å²) in [7, 11) is 0. The molecule has 2 fully saturated rings. The van der Waals surface area contributed by atoms with Gasteiger partial charge in [0, 0.05) is 31.0 Å². The molecule has 4 N–H and O–H groups in total. The molecule has 0 spiro atoms. The quantitative estimate of drug-likeness (QED) is 0.539. The predicted octanol–water partition coefficient (Wildman–Crippen LogP) is 0.334. The largest absolute Gasteiger partial charge is 0.348 e. The van der Waals surface area contributed by atoms with Gasteiger partial charge in [0.1, 0.15) is 0 Å². The van der Waals surface area contributed by atoms with Gasteiger partial charge in [-0.25, -0.2) is 0 Å². The van der Waals surface area contributed by atoms with Gasteiger partial charge in [0.25, 0.3) is 5.91 Å². The molecule has 0 radical (unpaired) electrons. The van der Waals surface area contributed by atoms with Crippen molar-refractivity contribution in [3.05, 3.63) is 24.0 Å². The number of nitrogens with one attached hydrogen (secondary N) is 2. The summed E-state index contributed by atoms with van der Waals surface area (Å²) in [6.45, 7) is 2.25. The van der Waals surface area contributed by atoms with E-state index in [0.717, 1.165) is 13.0 Å². The Balaban J connectivity index is 1.71. The summed E-state index contributed by atoms with van der Waals surface area (Å²) < 4.78 is 0. The molecule has 2 unspecified atom stereocenters. The number of hydrazine groups is 1. The van der Waals surface area contributed by atoms with E-state index in [-0.39, 0.29) is 11.9 Å². The van der Waals surface area contributed by atoms with Crippen molar-refractivity contribution >= 4 is 11.6 Å². The van der Waals surface area contributed by atoms with Gasteiger partial charge < -0.3 is 10.7 Å². The Morgan fingerprint density at radius 2 is 2.32 bits per heavy atom. The average molecular weight is 261 g/mol. The number of fused-ring (bicyclic) bond motifs is 1. The predicted molar refractivity (Wildman–Crippen MR) is 72.5 cm³/mol. The van der Waals surface area contributed by atoms with Crippen LogP contribution in [0.25, 0.3) is 0 Å².